The van der Waals surface area contributed by atoms with Gasteiger partial charge in [-0.05, 0) is 6.42 Å². The minimum absolute atomic E-state index is 0. The molecule has 0 N–H and O–H groups in total. The van der Waals surface area contributed by atoms with Gasteiger partial charge in [-0.3, -0.25) is 0 Å². The van der Waals surface area contributed by atoms with Crippen molar-refractivity contribution in [3.63, 3.8) is 0 Å². The molecule has 1 aliphatic heterocycles. The number of rotatable bonds is 3. The first-order valence-corrected chi connectivity index (χ1v) is 4.60. The van der Waals surface area contributed by atoms with Crippen molar-refractivity contribution in [2.75, 3.05) is 26.7 Å². The minimum Gasteiger partial charge on any atom is -2.00 e. The van der Waals surface area contributed by atoms with E-state index in [9.17, 15) is 0 Å². The molecule has 0 aromatic carbocycles. The molecule has 0 aromatic heterocycles. The lowest BCUT2D eigenvalue weighted by molar-refractivity contribution is -0.897. The fraction of sp³-hybridized carbons (Fsp3) is 1.00. The molecule has 76 valence electrons. The van der Waals surface area contributed by atoms with Crippen LogP contribution in [0.5, 0.6) is 0 Å². The van der Waals surface area contributed by atoms with Crippen molar-refractivity contribution in [3.8, 4) is 0 Å². The Morgan fingerprint density at radius 2 is 1.58 bits per heavy atom. The molecule has 0 bridgehead atoms. The molecule has 1 heterocycles. The van der Waals surface area contributed by atoms with E-state index in [-0.39, 0.29) is 27.0 Å². The maximum Gasteiger partial charge on any atom is 0.0786 e. The predicted octanol–water partition coefficient (Wildman–Crippen LogP) is 2.02. The van der Waals surface area contributed by atoms with Gasteiger partial charge >= 0.3 is 0 Å². The number of unbranched alkanes of at least 4 members (excludes halogenated alkanes) is 1. The second-order valence-electron chi connectivity index (χ2n) is 3.85. The zero-order valence-corrected chi connectivity index (χ0v) is 9.85. The lowest BCUT2D eigenvalue weighted by Crippen LogP contribution is -2.41. The summed E-state index contributed by atoms with van der Waals surface area (Å²) in [7, 11) is 2.41. The van der Waals surface area contributed by atoms with Gasteiger partial charge in [-0.1, -0.05) is 13.3 Å². The zero-order chi connectivity index (χ0) is 7.45. The van der Waals surface area contributed by atoms with Gasteiger partial charge in [0.05, 0.1) is 26.7 Å². The second-order valence-corrected chi connectivity index (χ2v) is 3.85. The van der Waals surface area contributed by atoms with Crippen LogP contribution >= 0.6 is 0 Å². The number of quaternary nitrogens is 1. The molecule has 0 radical (unpaired) electrons. The molecule has 0 unspecified atom stereocenters. The van der Waals surface area contributed by atoms with Crippen LogP contribution in [-0.2, 0) is 27.0 Å². The summed E-state index contributed by atoms with van der Waals surface area (Å²) in [6, 6.07) is 0. The fourth-order valence-corrected chi connectivity index (χ4v) is 1.86. The third-order valence-electron chi connectivity index (χ3n) is 2.70. The van der Waals surface area contributed by atoms with Crippen molar-refractivity contribution in [3.05, 3.63) is 0 Å². The summed E-state index contributed by atoms with van der Waals surface area (Å²) in [6.07, 6.45) is 5.69. The van der Waals surface area contributed by atoms with Gasteiger partial charge in [0.2, 0.25) is 0 Å². The van der Waals surface area contributed by atoms with Crippen LogP contribution in [0.1, 0.15) is 32.6 Å². The quantitative estimate of drug-likeness (QED) is 0.620. The van der Waals surface area contributed by atoms with Crippen molar-refractivity contribution >= 4 is 27.0 Å². The zero-order valence-electron chi connectivity index (χ0n) is 8.21. The number of hydrogen-bond donors (Lipinski definition) is 0. The highest BCUT2D eigenvalue weighted by Crippen LogP contribution is 2.16. The average Bonchev–Trinajstić information content (AvgIpc) is 2.33. The lowest BCUT2D eigenvalue weighted by Gasteiger charge is -2.28. The third kappa shape index (κ3) is 4.63. The van der Waals surface area contributed by atoms with Gasteiger partial charge in [0.1, 0.15) is 0 Å². The van der Waals surface area contributed by atoms with Crippen molar-refractivity contribution < 1.29 is 4.48 Å². The summed E-state index contributed by atoms with van der Waals surface area (Å²) in [6.45, 7) is 6.55. The molecule has 0 spiro atoms. The normalized spacial score (nSPS) is 19.5. The van der Waals surface area contributed by atoms with E-state index in [1.807, 2.05) is 0 Å². The van der Waals surface area contributed by atoms with Crippen LogP contribution in [0, 0.1) is 0 Å². The Bertz CT molecular complexity index is 101. The molecule has 1 nitrogen and oxygen atoms in total. The first kappa shape index (κ1) is 15.1. The van der Waals surface area contributed by atoms with Crippen LogP contribution in [0.25, 0.3) is 0 Å². The van der Waals surface area contributed by atoms with Gasteiger partial charge in [-0.25, -0.2) is 0 Å². The average molecular weight is 206 g/mol. The number of nitrogens with zero attached hydrogens (tertiary/aromatic N) is 1. The number of likely N-dealkylation sites (tertiary alicyclic amines) is 1. The summed E-state index contributed by atoms with van der Waals surface area (Å²) >= 11 is 0. The maximum atomic E-state index is 2.41. The Balaban J connectivity index is 0. The molecule has 0 aliphatic carbocycles. The third-order valence-corrected chi connectivity index (χ3v) is 2.70. The maximum absolute atomic E-state index is 2.41. The van der Waals surface area contributed by atoms with Crippen LogP contribution in [0.4, 0.5) is 0 Å². The summed E-state index contributed by atoms with van der Waals surface area (Å²) in [5.74, 6) is 0. The summed E-state index contributed by atoms with van der Waals surface area (Å²) in [5.41, 5.74) is 0. The van der Waals surface area contributed by atoms with E-state index < -0.39 is 0 Å². The van der Waals surface area contributed by atoms with Crippen LogP contribution in [0.3, 0.4) is 0 Å². The highest BCUT2D eigenvalue weighted by atomic mass is 32.1. The topological polar surface area (TPSA) is 0 Å². The first-order chi connectivity index (χ1) is 4.77. The van der Waals surface area contributed by atoms with Crippen molar-refractivity contribution in [2.24, 2.45) is 0 Å². The summed E-state index contributed by atoms with van der Waals surface area (Å²) in [4.78, 5) is 0. The first-order valence-electron chi connectivity index (χ1n) is 4.60. The molecule has 1 rings (SSSR count). The smallest absolute Gasteiger partial charge is 0.0786 e. The van der Waals surface area contributed by atoms with E-state index in [2.05, 4.69) is 14.0 Å². The fourth-order valence-electron chi connectivity index (χ4n) is 1.86. The molecule has 3 heteroatoms. The van der Waals surface area contributed by atoms with Gasteiger partial charge in [-0.15, -0.1) is 0 Å². The minimum atomic E-state index is 0. The second kappa shape index (κ2) is 7.10. The largest absolute Gasteiger partial charge is 2.00 e. The van der Waals surface area contributed by atoms with Crippen LogP contribution < -0.4 is 0 Å². The van der Waals surface area contributed by atoms with Crippen LogP contribution in [0.15, 0.2) is 0 Å². The monoisotopic (exact) mass is 206 g/mol. The van der Waals surface area contributed by atoms with E-state index in [4.69, 9.17) is 0 Å². The molecule has 0 amide bonds. The van der Waals surface area contributed by atoms with Crippen molar-refractivity contribution in [1.82, 2.24) is 0 Å². The molecule has 1 saturated heterocycles. The molecular weight excluding hydrogens is 186 g/mol. The Morgan fingerprint density at radius 3 is 2.00 bits per heavy atom. The summed E-state index contributed by atoms with van der Waals surface area (Å²) < 4.78 is 1.36. The summed E-state index contributed by atoms with van der Waals surface area (Å²) in [5, 5.41) is 0. The van der Waals surface area contributed by atoms with E-state index in [1.54, 1.807) is 0 Å². The van der Waals surface area contributed by atoms with Crippen LogP contribution in [0.2, 0.25) is 0 Å². The highest BCUT2D eigenvalue weighted by molar-refractivity contribution is 7.37. The molecule has 0 saturated carbocycles. The van der Waals surface area contributed by atoms with E-state index in [1.165, 1.54) is 49.8 Å². The van der Waals surface area contributed by atoms with Crippen molar-refractivity contribution in [2.45, 2.75) is 32.6 Å². The van der Waals surface area contributed by atoms with Crippen molar-refractivity contribution in [1.29, 1.82) is 0 Å². The molecule has 1 fully saturated rings. The van der Waals surface area contributed by atoms with E-state index in [0.29, 0.717) is 0 Å². The van der Waals surface area contributed by atoms with Gasteiger partial charge in [-0.2, -0.15) is 0 Å². The highest BCUT2D eigenvalue weighted by Gasteiger charge is 2.25. The Hall–Kier alpha value is 0.660. The Kier molecular flexibility index (Phi) is 8.96. The lowest BCUT2D eigenvalue weighted by atomic mass is 10.3. The van der Waals surface area contributed by atoms with E-state index in [0.717, 1.165) is 0 Å². The van der Waals surface area contributed by atoms with Crippen LogP contribution in [-0.4, -0.2) is 31.2 Å². The van der Waals surface area contributed by atoms with Gasteiger partial charge in [0.15, 0.2) is 0 Å². The van der Waals surface area contributed by atoms with Gasteiger partial charge < -0.3 is 31.5 Å². The SMILES string of the molecule is CCCC[N+]1(C)CCCC1.[S-2].[S-2]. The molecule has 12 heavy (non-hydrogen) atoms. The standard InChI is InChI=1S/C9H20N.2S/c1-3-4-7-10(2)8-5-6-9-10;;/h3-9H2,1-2H3;;/q+1;2*-2. The molecule has 0 aromatic rings. The van der Waals surface area contributed by atoms with Gasteiger partial charge in [0.25, 0.3) is 0 Å². The van der Waals surface area contributed by atoms with Gasteiger partial charge in [0, 0.05) is 12.8 Å². The Morgan fingerprint density at radius 1 is 1.08 bits per heavy atom. The van der Waals surface area contributed by atoms with E-state index >= 15 is 0 Å². The molecule has 0 atom stereocenters. The molecule has 1 aliphatic rings. The predicted molar refractivity (Wildman–Crippen MR) is 59.7 cm³/mol. The number of hydrogen-bond acceptors (Lipinski definition) is 0. The molecular formula is C9H20NS2-3. The Labute approximate surface area is 91.0 Å².